The summed E-state index contributed by atoms with van der Waals surface area (Å²) in [6, 6.07) is 13.5. The van der Waals surface area contributed by atoms with Crippen molar-refractivity contribution in [3.8, 4) is 5.69 Å². The fourth-order valence-electron chi connectivity index (χ4n) is 3.47. The first kappa shape index (κ1) is 16.6. The van der Waals surface area contributed by atoms with Gasteiger partial charge in [-0.15, -0.1) is 5.10 Å². The largest absolute Gasteiger partial charge is 0.464 e. The number of carbonyl (C=O) groups excluding carboxylic acids is 1. The lowest BCUT2D eigenvalue weighted by Gasteiger charge is -2.27. The molecule has 0 spiro atoms. The Kier molecular flexibility index (Phi) is 4.56. The zero-order valence-corrected chi connectivity index (χ0v) is 14.8. The molecule has 0 N–H and O–H groups in total. The van der Waals surface area contributed by atoms with E-state index in [2.05, 4.69) is 10.1 Å². The van der Waals surface area contributed by atoms with Crippen LogP contribution in [0.4, 0.5) is 0 Å². The van der Waals surface area contributed by atoms with E-state index in [0.717, 1.165) is 42.9 Å². The molecule has 3 heterocycles. The second-order valence-corrected chi connectivity index (χ2v) is 6.66. The second-order valence-electron chi connectivity index (χ2n) is 6.66. The number of hydrogen-bond donors (Lipinski definition) is 0. The minimum absolute atomic E-state index is 0.0534. The average Bonchev–Trinajstić information content (AvgIpc) is 3.25. The fourth-order valence-corrected chi connectivity index (χ4v) is 3.47. The SMILES string of the molecule is Cc1ccc(C2CCCCCN2C(=O)c2ncn(-c3ccccc3)n2)o1. The van der Waals surface area contributed by atoms with E-state index in [0.29, 0.717) is 6.54 Å². The predicted octanol–water partition coefficient (Wildman–Crippen LogP) is 3.93. The van der Waals surface area contributed by atoms with Gasteiger partial charge in [0.25, 0.3) is 5.91 Å². The van der Waals surface area contributed by atoms with Crippen molar-refractivity contribution >= 4 is 5.91 Å². The summed E-state index contributed by atoms with van der Waals surface area (Å²) < 4.78 is 7.47. The minimum Gasteiger partial charge on any atom is -0.464 e. The molecular formula is C20H22N4O2. The van der Waals surface area contributed by atoms with Gasteiger partial charge in [-0.25, -0.2) is 9.67 Å². The maximum absolute atomic E-state index is 13.1. The number of aromatic nitrogens is 3. The van der Waals surface area contributed by atoms with E-state index < -0.39 is 0 Å². The third-order valence-corrected chi connectivity index (χ3v) is 4.81. The maximum Gasteiger partial charge on any atom is 0.294 e. The van der Waals surface area contributed by atoms with Crippen molar-refractivity contribution in [2.45, 2.75) is 38.6 Å². The molecule has 1 aromatic carbocycles. The van der Waals surface area contributed by atoms with Crippen LogP contribution >= 0.6 is 0 Å². The van der Waals surface area contributed by atoms with Gasteiger partial charge in [0.2, 0.25) is 5.82 Å². The third-order valence-electron chi connectivity index (χ3n) is 4.81. The van der Waals surface area contributed by atoms with Crippen LogP contribution in [0.5, 0.6) is 0 Å². The number of amides is 1. The molecular weight excluding hydrogens is 328 g/mol. The summed E-state index contributed by atoms with van der Waals surface area (Å²) in [4.78, 5) is 19.3. The maximum atomic E-state index is 13.1. The molecule has 2 aromatic heterocycles. The second kappa shape index (κ2) is 7.15. The number of hydrogen-bond acceptors (Lipinski definition) is 4. The Morgan fingerprint density at radius 2 is 1.96 bits per heavy atom. The normalized spacial score (nSPS) is 17.9. The highest BCUT2D eigenvalue weighted by molar-refractivity contribution is 5.90. The zero-order valence-electron chi connectivity index (χ0n) is 14.8. The van der Waals surface area contributed by atoms with Gasteiger partial charge in [0.15, 0.2) is 0 Å². The van der Waals surface area contributed by atoms with E-state index in [9.17, 15) is 4.79 Å². The Labute approximate surface area is 152 Å². The highest BCUT2D eigenvalue weighted by Crippen LogP contribution is 2.32. The van der Waals surface area contributed by atoms with Crippen LogP contribution in [0, 0.1) is 6.92 Å². The first-order chi connectivity index (χ1) is 12.7. The molecule has 0 bridgehead atoms. The van der Waals surface area contributed by atoms with Gasteiger partial charge in [-0.05, 0) is 44.0 Å². The first-order valence-corrected chi connectivity index (χ1v) is 9.07. The van der Waals surface area contributed by atoms with Crippen molar-refractivity contribution in [3.05, 3.63) is 66.1 Å². The number of furan rings is 1. The molecule has 134 valence electrons. The number of benzene rings is 1. The molecule has 0 radical (unpaired) electrons. The quantitative estimate of drug-likeness (QED) is 0.718. The fraction of sp³-hybridized carbons (Fsp3) is 0.350. The van der Waals surface area contributed by atoms with E-state index in [1.807, 2.05) is 54.3 Å². The summed E-state index contributed by atoms with van der Waals surface area (Å²) in [6.45, 7) is 2.62. The van der Waals surface area contributed by atoms with Gasteiger partial charge in [-0.1, -0.05) is 31.0 Å². The lowest BCUT2D eigenvalue weighted by atomic mass is 10.1. The Hall–Kier alpha value is -2.89. The molecule has 1 atom stereocenters. The smallest absolute Gasteiger partial charge is 0.294 e. The van der Waals surface area contributed by atoms with E-state index in [-0.39, 0.29) is 17.8 Å². The van der Waals surface area contributed by atoms with Crippen molar-refractivity contribution in [2.24, 2.45) is 0 Å². The Morgan fingerprint density at radius 1 is 1.12 bits per heavy atom. The number of likely N-dealkylation sites (tertiary alicyclic amines) is 1. The van der Waals surface area contributed by atoms with E-state index >= 15 is 0 Å². The van der Waals surface area contributed by atoms with Crippen molar-refractivity contribution < 1.29 is 9.21 Å². The van der Waals surface area contributed by atoms with Crippen molar-refractivity contribution in [1.82, 2.24) is 19.7 Å². The van der Waals surface area contributed by atoms with Crippen LogP contribution in [-0.2, 0) is 0 Å². The molecule has 0 saturated carbocycles. The number of para-hydroxylation sites is 1. The summed E-state index contributed by atoms with van der Waals surface area (Å²) in [5.41, 5.74) is 0.883. The van der Waals surface area contributed by atoms with Gasteiger partial charge in [-0.2, -0.15) is 0 Å². The number of aryl methyl sites for hydroxylation is 1. The summed E-state index contributed by atoms with van der Waals surface area (Å²) in [6.07, 6.45) is 5.68. The standard InChI is InChI=1S/C20H22N4O2/c1-15-11-12-18(26-15)17-10-6-3-7-13-23(17)20(25)19-21-14-24(22-19)16-8-4-2-5-9-16/h2,4-5,8-9,11-12,14,17H,3,6-7,10,13H2,1H3. The number of carbonyl (C=O) groups is 1. The number of rotatable bonds is 3. The van der Waals surface area contributed by atoms with Gasteiger partial charge in [-0.3, -0.25) is 4.79 Å². The topological polar surface area (TPSA) is 64.2 Å². The summed E-state index contributed by atoms with van der Waals surface area (Å²) >= 11 is 0. The molecule has 4 rings (SSSR count). The number of nitrogens with zero attached hydrogens (tertiary/aromatic N) is 4. The Morgan fingerprint density at radius 3 is 2.73 bits per heavy atom. The lowest BCUT2D eigenvalue weighted by Crippen LogP contribution is -2.35. The van der Waals surface area contributed by atoms with E-state index in [4.69, 9.17) is 4.42 Å². The molecule has 1 amide bonds. The van der Waals surface area contributed by atoms with Gasteiger partial charge < -0.3 is 9.32 Å². The molecule has 0 aliphatic carbocycles. The molecule has 3 aromatic rings. The van der Waals surface area contributed by atoms with Crippen molar-refractivity contribution in [1.29, 1.82) is 0 Å². The summed E-state index contributed by atoms with van der Waals surface area (Å²) in [5.74, 6) is 1.80. The van der Waals surface area contributed by atoms with Crippen molar-refractivity contribution in [3.63, 3.8) is 0 Å². The monoisotopic (exact) mass is 350 g/mol. The predicted molar refractivity (Wildman–Crippen MR) is 97.0 cm³/mol. The molecule has 1 fully saturated rings. The molecule has 6 nitrogen and oxygen atoms in total. The van der Waals surface area contributed by atoms with Crippen LogP contribution in [0.1, 0.15) is 53.9 Å². The summed E-state index contributed by atoms with van der Waals surface area (Å²) in [5, 5.41) is 4.40. The van der Waals surface area contributed by atoms with Crippen LogP contribution in [0.25, 0.3) is 5.69 Å². The van der Waals surface area contributed by atoms with Crippen LogP contribution in [0.3, 0.4) is 0 Å². The highest BCUT2D eigenvalue weighted by atomic mass is 16.3. The van der Waals surface area contributed by atoms with Crippen LogP contribution in [0.2, 0.25) is 0 Å². The molecule has 26 heavy (non-hydrogen) atoms. The van der Waals surface area contributed by atoms with Crippen LogP contribution in [0.15, 0.2) is 53.2 Å². The highest BCUT2D eigenvalue weighted by Gasteiger charge is 2.31. The van der Waals surface area contributed by atoms with Gasteiger partial charge >= 0.3 is 0 Å². The minimum atomic E-state index is -0.138. The van der Waals surface area contributed by atoms with Crippen LogP contribution in [-0.4, -0.2) is 32.1 Å². The molecule has 6 heteroatoms. The first-order valence-electron chi connectivity index (χ1n) is 9.07. The van der Waals surface area contributed by atoms with E-state index in [1.54, 1.807) is 11.0 Å². The lowest BCUT2D eigenvalue weighted by molar-refractivity contribution is 0.0645. The van der Waals surface area contributed by atoms with Crippen LogP contribution < -0.4 is 0 Å². The van der Waals surface area contributed by atoms with Gasteiger partial charge in [0, 0.05) is 6.54 Å². The third kappa shape index (κ3) is 3.27. The molecule has 1 unspecified atom stereocenters. The van der Waals surface area contributed by atoms with Gasteiger partial charge in [0.05, 0.1) is 11.7 Å². The van der Waals surface area contributed by atoms with E-state index in [1.165, 1.54) is 0 Å². The molecule has 1 saturated heterocycles. The average molecular weight is 350 g/mol. The Balaban J connectivity index is 1.61. The Bertz CT molecular complexity index is 884. The molecule has 1 aliphatic rings. The van der Waals surface area contributed by atoms with Crippen molar-refractivity contribution in [2.75, 3.05) is 6.54 Å². The molecule has 1 aliphatic heterocycles. The van der Waals surface area contributed by atoms with Gasteiger partial charge in [0.1, 0.15) is 17.8 Å². The zero-order chi connectivity index (χ0) is 17.9. The summed E-state index contributed by atoms with van der Waals surface area (Å²) in [7, 11) is 0.